The van der Waals surface area contributed by atoms with Gasteiger partial charge in [-0.3, -0.25) is 9.69 Å². The smallest absolute Gasteiger partial charge is 0.254 e. The molecule has 0 radical (unpaired) electrons. The first-order valence-electron chi connectivity index (χ1n) is 10.4. The molecule has 0 atom stereocenters. The van der Waals surface area contributed by atoms with Crippen molar-refractivity contribution in [2.45, 2.75) is 6.54 Å². The molecule has 2 aromatic heterocycles. The molecule has 0 aliphatic carbocycles. The first-order chi connectivity index (χ1) is 15.2. The van der Waals surface area contributed by atoms with Gasteiger partial charge in [0.25, 0.3) is 5.91 Å². The number of pyridine rings is 1. The number of para-hydroxylation sites is 1. The summed E-state index contributed by atoms with van der Waals surface area (Å²) >= 11 is 7.61. The maximum absolute atomic E-state index is 13.5. The summed E-state index contributed by atoms with van der Waals surface area (Å²) in [4.78, 5) is 23.6. The van der Waals surface area contributed by atoms with Crippen LogP contribution in [0.25, 0.3) is 21.5 Å². The number of fused-ring (bicyclic) bond motifs is 1. The molecule has 1 fully saturated rings. The Morgan fingerprint density at radius 3 is 2.42 bits per heavy atom. The standard InChI is InChI=1S/C25H22ClN3OS/c26-24-11-10-23(31-24)22-16-20(19-8-4-5-9-21(19)27-22)25(30)29-14-12-28(13-15-29)17-18-6-2-1-3-7-18/h1-11,16H,12-15,17H2. The van der Waals surface area contributed by atoms with E-state index in [1.165, 1.54) is 16.9 Å². The second-order valence-corrected chi connectivity index (χ2v) is 9.44. The summed E-state index contributed by atoms with van der Waals surface area (Å²) in [5.74, 6) is 0.0712. The van der Waals surface area contributed by atoms with Gasteiger partial charge in [-0.2, -0.15) is 0 Å². The molecular weight excluding hydrogens is 426 g/mol. The number of amides is 1. The normalized spacial score (nSPS) is 14.8. The molecule has 2 aromatic carbocycles. The molecule has 0 bridgehead atoms. The van der Waals surface area contributed by atoms with Crippen LogP contribution in [0.2, 0.25) is 4.34 Å². The first kappa shape index (κ1) is 20.2. The van der Waals surface area contributed by atoms with Crippen molar-refractivity contribution in [3.63, 3.8) is 0 Å². The maximum atomic E-state index is 13.5. The highest BCUT2D eigenvalue weighted by molar-refractivity contribution is 7.19. The molecule has 5 rings (SSSR count). The van der Waals surface area contributed by atoms with Gasteiger partial charge in [-0.1, -0.05) is 60.1 Å². The molecule has 1 saturated heterocycles. The average Bonchev–Trinajstić information content (AvgIpc) is 3.25. The zero-order valence-electron chi connectivity index (χ0n) is 17.0. The number of hydrogen-bond acceptors (Lipinski definition) is 4. The largest absolute Gasteiger partial charge is 0.336 e. The van der Waals surface area contributed by atoms with Crippen LogP contribution in [0.3, 0.4) is 0 Å². The molecule has 1 amide bonds. The Kier molecular flexibility index (Phi) is 5.72. The maximum Gasteiger partial charge on any atom is 0.254 e. The Morgan fingerprint density at radius 1 is 0.935 bits per heavy atom. The Labute approximate surface area is 190 Å². The fourth-order valence-electron chi connectivity index (χ4n) is 4.05. The van der Waals surface area contributed by atoms with Gasteiger partial charge in [-0.05, 0) is 29.8 Å². The van der Waals surface area contributed by atoms with E-state index in [9.17, 15) is 4.79 Å². The molecule has 6 heteroatoms. The van der Waals surface area contributed by atoms with E-state index >= 15 is 0 Å². The topological polar surface area (TPSA) is 36.4 Å². The van der Waals surface area contributed by atoms with Gasteiger partial charge in [-0.15, -0.1) is 11.3 Å². The Bertz CT molecular complexity index is 1220. The molecule has 0 unspecified atom stereocenters. The van der Waals surface area contributed by atoms with Gasteiger partial charge in [0, 0.05) is 38.1 Å². The van der Waals surface area contributed by atoms with Gasteiger partial charge in [0.2, 0.25) is 0 Å². The van der Waals surface area contributed by atoms with E-state index in [1.54, 1.807) is 0 Å². The molecule has 1 aliphatic heterocycles. The molecule has 0 N–H and O–H groups in total. The molecule has 31 heavy (non-hydrogen) atoms. The van der Waals surface area contributed by atoms with Crippen molar-refractivity contribution in [2.24, 2.45) is 0 Å². The van der Waals surface area contributed by atoms with Gasteiger partial charge in [-0.25, -0.2) is 4.98 Å². The van der Waals surface area contributed by atoms with E-state index in [1.807, 2.05) is 53.4 Å². The van der Waals surface area contributed by atoms with Crippen LogP contribution in [0.1, 0.15) is 15.9 Å². The SMILES string of the molecule is O=C(c1cc(-c2ccc(Cl)s2)nc2ccccc12)N1CCN(Cc2ccccc2)CC1. The van der Waals surface area contributed by atoms with Crippen LogP contribution >= 0.6 is 22.9 Å². The molecule has 0 saturated carbocycles. The van der Waals surface area contributed by atoms with E-state index in [0.717, 1.165) is 54.2 Å². The van der Waals surface area contributed by atoms with Crippen molar-refractivity contribution >= 4 is 39.7 Å². The van der Waals surface area contributed by atoms with Crippen molar-refractivity contribution in [1.29, 1.82) is 0 Å². The second kappa shape index (κ2) is 8.79. The minimum atomic E-state index is 0.0712. The van der Waals surface area contributed by atoms with Crippen LogP contribution in [0, 0.1) is 0 Å². The lowest BCUT2D eigenvalue weighted by Crippen LogP contribution is -2.48. The zero-order chi connectivity index (χ0) is 21.2. The summed E-state index contributed by atoms with van der Waals surface area (Å²) in [6.45, 7) is 4.11. The summed E-state index contributed by atoms with van der Waals surface area (Å²) < 4.78 is 0.715. The van der Waals surface area contributed by atoms with Crippen LogP contribution < -0.4 is 0 Å². The van der Waals surface area contributed by atoms with Gasteiger partial charge >= 0.3 is 0 Å². The van der Waals surface area contributed by atoms with E-state index in [2.05, 4.69) is 29.2 Å². The molecule has 1 aliphatic rings. The first-order valence-corrected chi connectivity index (χ1v) is 11.6. The number of benzene rings is 2. The van der Waals surface area contributed by atoms with E-state index in [-0.39, 0.29) is 5.91 Å². The Hall–Kier alpha value is -2.73. The fraction of sp³-hybridized carbons (Fsp3) is 0.200. The number of piperazine rings is 1. The number of halogens is 1. The molecule has 3 heterocycles. The van der Waals surface area contributed by atoms with E-state index in [0.29, 0.717) is 9.90 Å². The van der Waals surface area contributed by atoms with Crippen molar-refractivity contribution in [1.82, 2.24) is 14.8 Å². The summed E-state index contributed by atoms with van der Waals surface area (Å²) in [5, 5.41) is 0.894. The zero-order valence-corrected chi connectivity index (χ0v) is 18.6. The van der Waals surface area contributed by atoms with Crippen molar-refractivity contribution in [3.05, 3.63) is 88.3 Å². The lowest BCUT2D eigenvalue weighted by Gasteiger charge is -2.35. The fourth-order valence-corrected chi connectivity index (χ4v) is 5.06. The van der Waals surface area contributed by atoms with Crippen LogP contribution in [0.5, 0.6) is 0 Å². The number of aromatic nitrogens is 1. The number of carbonyl (C=O) groups excluding carboxylic acids is 1. The lowest BCUT2D eigenvalue weighted by molar-refractivity contribution is 0.0630. The summed E-state index contributed by atoms with van der Waals surface area (Å²) in [7, 11) is 0. The van der Waals surface area contributed by atoms with Crippen LogP contribution in [0.4, 0.5) is 0 Å². The summed E-state index contributed by atoms with van der Waals surface area (Å²) in [6.07, 6.45) is 0. The summed E-state index contributed by atoms with van der Waals surface area (Å²) in [5.41, 5.74) is 3.64. The minimum Gasteiger partial charge on any atom is -0.336 e. The van der Waals surface area contributed by atoms with Crippen LogP contribution in [-0.4, -0.2) is 46.9 Å². The van der Waals surface area contributed by atoms with E-state index in [4.69, 9.17) is 16.6 Å². The number of rotatable bonds is 4. The van der Waals surface area contributed by atoms with E-state index < -0.39 is 0 Å². The quantitative estimate of drug-likeness (QED) is 0.410. The predicted octanol–water partition coefficient (Wildman–Crippen LogP) is 5.57. The Morgan fingerprint density at radius 2 is 1.68 bits per heavy atom. The molecule has 4 nitrogen and oxygen atoms in total. The van der Waals surface area contributed by atoms with Gasteiger partial charge in [0.15, 0.2) is 0 Å². The highest BCUT2D eigenvalue weighted by Gasteiger charge is 2.24. The van der Waals surface area contributed by atoms with Crippen LogP contribution in [-0.2, 0) is 6.54 Å². The average molecular weight is 448 g/mol. The van der Waals surface area contributed by atoms with Gasteiger partial charge in [0.05, 0.1) is 26.0 Å². The number of nitrogens with zero attached hydrogens (tertiary/aromatic N) is 3. The highest BCUT2D eigenvalue weighted by atomic mass is 35.5. The minimum absolute atomic E-state index is 0.0712. The molecule has 4 aromatic rings. The third kappa shape index (κ3) is 4.35. The number of hydrogen-bond donors (Lipinski definition) is 0. The number of thiophene rings is 1. The molecule has 156 valence electrons. The predicted molar refractivity (Wildman–Crippen MR) is 128 cm³/mol. The lowest BCUT2D eigenvalue weighted by atomic mass is 10.1. The van der Waals surface area contributed by atoms with Crippen molar-refractivity contribution in [3.8, 4) is 10.6 Å². The third-order valence-corrected chi connectivity index (χ3v) is 6.93. The Balaban J connectivity index is 1.38. The molecule has 0 spiro atoms. The van der Waals surface area contributed by atoms with Crippen molar-refractivity contribution in [2.75, 3.05) is 26.2 Å². The highest BCUT2D eigenvalue weighted by Crippen LogP contribution is 2.32. The van der Waals surface area contributed by atoms with Gasteiger partial charge < -0.3 is 4.90 Å². The third-order valence-electron chi connectivity index (χ3n) is 5.68. The monoisotopic (exact) mass is 447 g/mol. The number of carbonyl (C=O) groups is 1. The van der Waals surface area contributed by atoms with Gasteiger partial charge in [0.1, 0.15) is 0 Å². The second-order valence-electron chi connectivity index (χ2n) is 7.73. The molecular formula is C25H22ClN3OS. The van der Waals surface area contributed by atoms with Crippen LogP contribution in [0.15, 0.2) is 72.8 Å². The van der Waals surface area contributed by atoms with Crippen molar-refractivity contribution < 1.29 is 4.79 Å². The summed E-state index contributed by atoms with van der Waals surface area (Å²) in [6, 6.07) is 24.1.